The van der Waals surface area contributed by atoms with Gasteiger partial charge in [-0.15, -0.1) is 0 Å². The number of anilines is 1. The number of hydrogen-bond donors (Lipinski definition) is 0. The van der Waals surface area contributed by atoms with E-state index in [1.807, 2.05) is 32.3 Å². The maximum absolute atomic E-state index is 12.6. The molecule has 0 fully saturated rings. The molecule has 8 heteroatoms. The van der Waals surface area contributed by atoms with Gasteiger partial charge >= 0.3 is 5.69 Å². The molecule has 0 amide bonds. The summed E-state index contributed by atoms with van der Waals surface area (Å²) in [6, 6.07) is 0.0131. The zero-order valence-corrected chi connectivity index (χ0v) is 13.7. The summed E-state index contributed by atoms with van der Waals surface area (Å²) in [5, 5.41) is 6.36. The van der Waals surface area contributed by atoms with Gasteiger partial charge in [-0.1, -0.05) is 0 Å². The Hall–Kier alpha value is -2.38. The van der Waals surface area contributed by atoms with Crippen molar-refractivity contribution in [2.24, 2.45) is 19.2 Å². The molecule has 0 aromatic carbocycles. The Bertz CT molecular complexity index is 914. The van der Waals surface area contributed by atoms with Gasteiger partial charge in [0.25, 0.3) is 5.56 Å². The molecule has 0 saturated carbocycles. The highest BCUT2D eigenvalue weighted by molar-refractivity contribution is 5.91. The van der Waals surface area contributed by atoms with Gasteiger partial charge in [-0.2, -0.15) is 10.1 Å². The number of fused-ring (bicyclic) bond motifs is 3. The number of aryl methyl sites for hydroxylation is 1. The summed E-state index contributed by atoms with van der Waals surface area (Å²) in [7, 11) is 3.11. The first kappa shape index (κ1) is 14.6. The average Bonchev–Trinajstić information content (AvgIpc) is 2.87. The molecule has 0 spiro atoms. The number of hydrazone groups is 1. The van der Waals surface area contributed by atoms with Crippen LogP contribution in [0.15, 0.2) is 14.7 Å². The molecule has 3 heterocycles. The van der Waals surface area contributed by atoms with E-state index in [4.69, 9.17) is 0 Å². The fraction of sp³-hybridized carbons (Fsp3) is 0.571. The second kappa shape index (κ2) is 4.56. The number of hydrogen-bond acceptors (Lipinski definition) is 5. The molecule has 0 saturated heterocycles. The molecule has 1 unspecified atom stereocenters. The lowest BCUT2D eigenvalue weighted by atomic mass is 10.2. The van der Waals surface area contributed by atoms with E-state index in [1.54, 1.807) is 12.1 Å². The molecule has 22 heavy (non-hydrogen) atoms. The van der Waals surface area contributed by atoms with Crippen molar-refractivity contribution in [3.8, 4) is 0 Å². The lowest BCUT2D eigenvalue weighted by Crippen LogP contribution is -2.39. The molecule has 8 nitrogen and oxygen atoms in total. The van der Waals surface area contributed by atoms with Crippen molar-refractivity contribution < 1.29 is 0 Å². The van der Waals surface area contributed by atoms with Crippen LogP contribution in [0.2, 0.25) is 0 Å². The molecule has 3 rings (SSSR count). The van der Waals surface area contributed by atoms with E-state index >= 15 is 0 Å². The van der Waals surface area contributed by atoms with Crippen LogP contribution in [0.25, 0.3) is 11.2 Å². The maximum Gasteiger partial charge on any atom is 0.332 e. The second-order valence-electron chi connectivity index (χ2n) is 6.02. The molecular formula is C14H20N6O2. The van der Waals surface area contributed by atoms with Crippen LogP contribution in [0.3, 0.4) is 0 Å². The van der Waals surface area contributed by atoms with Gasteiger partial charge in [0, 0.05) is 14.1 Å². The van der Waals surface area contributed by atoms with E-state index in [0.29, 0.717) is 17.1 Å². The van der Waals surface area contributed by atoms with Gasteiger partial charge in [0.05, 0.1) is 17.8 Å². The van der Waals surface area contributed by atoms with Gasteiger partial charge in [-0.3, -0.25) is 18.5 Å². The molecule has 1 aliphatic rings. The maximum atomic E-state index is 12.6. The van der Waals surface area contributed by atoms with Gasteiger partial charge in [0.15, 0.2) is 11.2 Å². The monoisotopic (exact) mass is 304 g/mol. The lowest BCUT2D eigenvalue weighted by molar-refractivity contribution is 0.598. The Morgan fingerprint density at radius 1 is 1.14 bits per heavy atom. The van der Waals surface area contributed by atoms with E-state index < -0.39 is 0 Å². The van der Waals surface area contributed by atoms with Gasteiger partial charge in [-0.05, 0) is 27.7 Å². The highest BCUT2D eigenvalue weighted by Gasteiger charge is 2.31. The summed E-state index contributed by atoms with van der Waals surface area (Å²) in [5.41, 5.74) is 1.02. The zero-order chi connectivity index (χ0) is 16.3. The van der Waals surface area contributed by atoms with Gasteiger partial charge in [0.1, 0.15) is 0 Å². The van der Waals surface area contributed by atoms with Crippen molar-refractivity contribution in [2.45, 2.75) is 39.8 Å². The van der Waals surface area contributed by atoms with Crippen molar-refractivity contribution in [3.05, 3.63) is 20.8 Å². The highest BCUT2D eigenvalue weighted by atomic mass is 16.2. The first-order chi connectivity index (χ1) is 10.3. The van der Waals surface area contributed by atoms with E-state index in [2.05, 4.69) is 10.1 Å². The Labute approximate surface area is 127 Å². The van der Waals surface area contributed by atoms with Crippen molar-refractivity contribution in [2.75, 3.05) is 5.01 Å². The number of rotatable bonds is 1. The van der Waals surface area contributed by atoms with Gasteiger partial charge in [-0.25, -0.2) is 9.80 Å². The van der Waals surface area contributed by atoms with Crippen LogP contribution < -0.4 is 16.3 Å². The van der Waals surface area contributed by atoms with E-state index in [9.17, 15) is 9.59 Å². The normalized spacial score (nSPS) is 18.0. The SMILES string of the molecule is CC1=NN(C(C)C)c2nc3c(c(=O)n(C)c(=O)n3C)n2C1C. The molecule has 2 aromatic rings. The third-order valence-corrected chi connectivity index (χ3v) is 4.22. The first-order valence-electron chi connectivity index (χ1n) is 7.28. The first-order valence-corrected chi connectivity index (χ1v) is 7.28. The third-order valence-electron chi connectivity index (χ3n) is 4.22. The quantitative estimate of drug-likeness (QED) is 0.773. The summed E-state index contributed by atoms with van der Waals surface area (Å²) in [6.45, 7) is 7.92. The molecule has 0 radical (unpaired) electrons. The summed E-state index contributed by atoms with van der Waals surface area (Å²) in [5.74, 6) is 0.599. The van der Waals surface area contributed by atoms with Crippen LogP contribution in [0, 0.1) is 0 Å². The summed E-state index contributed by atoms with van der Waals surface area (Å²) in [6.07, 6.45) is 0. The fourth-order valence-electron chi connectivity index (χ4n) is 2.76. The fourth-order valence-corrected chi connectivity index (χ4v) is 2.76. The van der Waals surface area contributed by atoms with E-state index in [-0.39, 0.29) is 23.3 Å². The molecule has 1 atom stereocenters. The summed E-state index contributed by atoms with van der Waals surface area (Å²) in [4.78, 5) is 29.2. The molecule has 118 valence electrons. The van der Waals surface area contributed by atoms with Crippen molar-refractivity contribution >= 4 is 22.8 Å². The minimum absolute atomic E-state index is 0.0831. The largest absolute Gasteiger partial charge is 0.332 e. The number of nitrogens with zero attached hydrogens (tertiary/aromatic N) is 6. The smallest absolute Gasteiger partial charge is 0.294 e. The molecule has 2 aromatic heterocycles. The Kier molecular flexibility index (Phi) is 3.01. The average molecular weight is 304 g/mol. The van der Waals surface area contributed by atoms with Crippen LogP contribution in [0.4, 0.5) is 5.95 Å². The summed E-state index contributed by atoms with van der Waals surface area (Å²) < 4.78 is 4.40. The van der Waals surface area contributed by atoms with Crippen LogP contribution in [0.1, 0.15) is 33.7 Å². The molecule has 0 bridgehead atoms. The third kappa shape index (κ3) is 1.69. The zero-order valence-electron chi connectivity index (χ0n) is 13.7. The van der Waals surface area contributed by atoms with Gasteiger partial charge < -0.3 is 0 Å². The highest BCUT2D eigenvalue weighted by Crippen LogP contribution is 2.30. The molecule has 0 N–H and O–H groups in total. The van der Waals surface area contributed by atoms with Gasteiger partial charge in [0.2, 0.25) is 5.95 Å². The van der Waals surface area contributed by atoms with Crippen LogP contribution in [0.5, 0.6) is 0 Å². The number of aromatic nitrogens is 4. The summed E-state index contributed by atoms with van der Waals surface area (Å²) >= 11 is 0. The van der Waals surface area contributed by atoms with E-state index in [1.165, 1.54) is 11.6 Å². The predicted molar refractivity (Wildman–Crippen MR) is 85.7 cm³/mol. The van der Waals surface area contributed by atoms with Crippen molar-refractivity contribution in [1.82, 2.24) is 18.7 Å². The Morgan fingerprint density at radius 2 is 1.77 bits per heavy atom. The van der Waals surface area contributed by atoms with Crippen LogP contribution in [-0.4, -0.2) is 30.4 Å². The van der Waals surface area contributed by atoms with Crippen molar-refractivity contribution in [3.63, 3.8) is 0 Å². The molecule has 1 aliphatic heterocycles. The topological polar surface area (TPSA) is 77.4 Å². The molecular weight excluding hydrogens is 284 g/mol. The van der Waals surface area contributed by atoms with Crippen molar-refractivity contribution in [1.29, 1.82) is 0 Å². The molecule has 0 aliphatic carbocycles. The van der Waals surface area contributed by atoms with E-state index in [0.717, 1.165) is 10.3 Å². The predicted octanol–water partition coefficient (Wildman–Crippen LogP) is 0.599. The second-order valence-corrected chi connectivity index (χ2v) is 6.02. The minimum atomic E-state index is -0.380. The van der Waals surface area contributed by atoms with Crippen LogP contribution in [-0.2, 0) is 14.1 Å². The van der Waals surface area contributed by atoms with Crippen LogP contribution >= 0.6 is 0 Å². The standard InChI is InChI=1S/C14H20N6O2/c1-7(2)20-13-15-11-10(19(13)9(4)8(3)16-20)12(21)18(6)14(22)17(11)5/h7,9H,1-6H3. The number of imidazole rings is 1. The lowest BCUT2D eigenvalue weighted by Gasteiger charge is -2.31. The minimum Gasteiger partial charge on any atom is -0.294 e. The Balaban J connectivity index is 2.50. The Morgan fingerprint density at radius 3 is 2.36 bits per heavy atom.